The molecule has 1 fully saturated rings. The monoisotopic (exact) mass is 298 g/mol. The molecule has 2 rings (SSSR count). The fourth-order valence-electron chi connectivity index (χ4n) is 2.92. The highest BCUT2D eigenvalue weighted by atomic mass is 19.1. The van der Waals surface area contributed by atoms with Gasteiger partial charge < -0.3 is 14.8 Å². The van der Waals surface area contributed by atoms with Crippen molar-refractivity contribution >= 4 is 0 Å². The van der Waals surface area contributed by atoms with Crippen LogP contribution in [0.5, 0.6) is 0 Å². The number of hydrogen-bond acceptors (Lipinski definition) is 4. The smallest absolute Gasteiger partial charge is 0.124 e. The molecule has 21 heavy (non-hydrogen) atoms. The van der Waals surface area contributed by atoms with E-state index in [1.54, 1.807) is 6.08 Å². The summed E-state index contributed by atoms with van der Waals surface area (Å²) in [6.07, 6.45) is 3.20. The fraction of sp³-hybridized carbons (Fsp3) is 0.750. The summed E-state index contributed by atoms with van der Waals surface area (Å²) in [5, 5.41) is 3.11. The SMILES string of the molecule is C=C[C@H]1C(F)=CN[C@@H]1[C@H](C)[C@H](C)OCCN1CCOCC1. The lowest BCUT2D eigenvalue weighted by Gasteiger charge is -2.31. The lowest BCUT2D eigenvalue weighted by atomic mass is 9.87. The Hall–Kier alpha value is -0.910. The van der Waals surface area contributed by atoms with Crippen LogP contribution in [0.25, 0.3) is 0 Å². The van der Waals surface area contributed by atoms with Crippen LogP contribution in [0.15, 0.2) is 24.7 Å². The van der Waals surface area contributed by atoms with Crippen LogP contribution in [0.1, 0.15) is 13.8 Å². The summed E-state index contributed by atoms with van der Waals surface area (Å²) in [5.41, 5.74) is 0. The molecular formula is C16H27FN2O2. The number of halogens is 1. The Balaban J connectivity index is 1.72. The summed E-state index contributed by atoms with van der Waals surface area (Å²) in [5.74, 6) is -0.171. The fourth-order valence-corrected chi connectivity index (χ4v) is 2.92. The first-order valence-electron chi connectivity index (χ1n) is 7.79. The van der Waals surface area contributed by atoms with Gasteiger partial charge in [0.1, 0.15) is 5.83 Å². The minimum Gasteiger partial charge on any atom is -0.385 e. The van der Waals surface area contributed by atoms with Gasteiger partial charge in [-0.3, -0.25) is 4.90 Å². The second-order valence-corrected chi connectivity index (χ2v) is 5.87. The van der Waals surface area contributed by atoms with Gasteiger partial charge in [-0.1, -0.05) is 13.0 Å². The van der Waals surface area contributed by atoms with Crippen molar-refractivity contribution in [1.82, 2.24) is 10.2 Å². The minimum absolute atomic E-state index is 0.0286. The molecule has 0 saturated carbocycles. The van der Waals surface area contributed by atoms with Crippen molar-refractivity contribution in [3.63, 3.8) is 0 Å². The number of rotatable bonds is 7. The van der Waals surface area contributed by atoms with Crippen molar-refractivity contribution < 1.29 is 13.9 Å². The third-order valence-electron chi connectivity index (χ3n) is 4.57. The summed E-state index contributed by atoms with van der Waals surface area (Å²) in [4.78, 5) is 2.35. The van der Waals surface area contributed by atoms with E-state index in [1.807, 2.05) is 0 Å². The first-order chi connectivity index (χ1) is 10.1. The van der Waals surface area contributed by atoms with Crippen LogP contribution in [0.2, 0.25) is 0 Å². The van der Waals surface area contributed by atoms with Gasteiger partial charge in [-0.2, -0.15) is 0 Å². The Morgan fingerprint density at radius 3 is 2.90 bits per heavy atom. The molecule has 4 nitrogen and oxygen atoms in total. The average molecular weight is 298 g/mol. The molecule has 0 aromatic rings. The zero-order valence-electron chi connectivity index (χ0n) is 13.1. The van der Waals surface area contributed by atoms with E-state index in [-0.39, 0.29) is 29.8 Å². The molecule has 0 bridgehead atoms. The normalized spacial score (nSPS) is 29.6. The Morgan fingerprint density at radius 1 is 1.52 bits per heavy atom. The van der Waals surface area contributed by atoms with Gasteiger partial charge >= 0.3 is 0 Å². The standard InChI is InChI=1S/C16H27FN2O2/c1-4-14-15(17)11-18-16(14)12(2)13(3)21-10-7-19-5-8-20-9-6-19/h4,11-14,16,18H,1,5-10H2,2-3H3/t12-,13+,14+,16-/m1/s1. The number of nitrogens with one attached hydrogen (secondary N) is 1. The largest absolute Gasteiger partial charge is 0.385 e. The minimum atomic E-state index is -0.245. The molecule has 2 heterocycles. The van der Waals surface area contributed by atoms with E-state index in [4.69, 9.17) is 9.47 Å². The number of hydrogen-bond donors (Lipinski definition) is 1. The first-order valence-corrected chi connectivity index (χ1v) is 7.79. The lowest BCUT2D eigenvalue weighted by Crippen LogP contribution is -2.41. The van der Waals surface area contributed by atoms with Crippen LogP contribution in [-0.2, 0) is 9.47 Å². The van der Waals surface area contributed by atoms with Crippen molar-refractivity contribution in [3.8, 4) is 0 Å². The number of ether oxygens (including phenoxy) is 2. The molecule has 0 radical (unpaired) electrons. The zero-order valence-corrected chi connectivity index (χ0v) is 13.1. The van der Waals surface area contributed by atoms with E-state index < -0.39 is 0 Å². The molecule has 120 valence electrons. The molecule has 0 aliphatic carbocycles. The molecule has 1 N–H and O–H groups in total. The molecule has 4 atom stereocenters. The molecule has 5 heteroatoms. The summed E-state index contributed by atoms with van der Waals surface area (Å²) in [6, 6.07) is 0.0286. The van der Waals surface area contributed by atoms with E-state index in [2.05, 4.69) is 30.6 Å². The number of nitrogens with zero attached hydrogens (tertiary/aromatic N) is 1. The third-order valence-corrected chi connectivity index (χ3v) is 4.57. The zero-order chi connectivity index (χ0) is 15.2. The first kappa shape index (κ1) is 16.5. The molecule has 0 amide bonds. The molecule has 0 spiro atoms. The summed E-state index contributed by atoms with van der Waals surface area (Å²) >= 11 is 0. The molecular weight excluding hydrogens is 271 g/mol. The quantitative estimate of drug-likeness (QED) is 0.728. The van der Waals surface area contributed by atoms with E-state index in [9.17, 15) is 4.39 Å². The molecule has 0 aromatic heterocycles. The van der Waals surface area contributed by atoms with Crippen molar-refractivity contribution in [1.29, 1.82) is 0 Å². The lowest BCUT2D eigenvalue weighted by molar-refractivity contribution is -0.0136. The van der Waals surface area contributed by atoms with E-state index in [0.717, 1.165) is 32.8 Å². The van der Waals surface area contributed by atoms with Gasteiger partial charge in [-0.15, -0.1) is 6.58 Å². The van der Waals surface area contributed by atoms with Crippen molar-refractivity contribution in [2.45, 2.75) is 26.0 Å². The average Bonchev–Trinajstić information content (AvgIpc) is 2.88. The van der Waals surface area contributed by atoms with Crippen molar-refractivity contribution in [3.05, 3.63) is 24.7 Å². The van der Waals surface area contributed by atoms with Crippen LogP contribution < -0.4 is 5.32 Å². The summed E-state index contributed by atoms with van der Waals surface area (Å²) < 4.78 is 24.9. The van der Waals surface area contributed by atoms with Crippen LogP contribution in [0, 0.1) is 11.8 Å². The van der Waals surface area contributed by atoms with Gasteiger partial charge in [0, 0.05) is 37.8 Å². The van der Waals surface area contributed by atoms with Crippen molar-refractivity contribution in [2.75, 3.05) is 39.5 Å². The van der Waals surface area contributed by atoms with E-state index >= 15 is 0 Å². The van der Waals surface area contributed by atoms with Crippen LogP contribution in [0.3, 0.4) is 0 Å². The topological polar surface area (TPSA) is 33.7 Å². The maximum absolute atomic E-state index is 13.6. The van der Waals surface area contributed by atoms with Crippen molar-refractivity contribution in [2.24, 2.45) is 11.8 Å². The molecule has 0 unspecified atom stereocenters. The number of morpholine rings is 1. The highest BCUT2D eigenvalue weighted by Gasteiger charge is 2.34. The Labute approximate surface area is 127 Å². The predicted molar refractivity (Wildman–Crippen MR) is 81.6 cm³/mol. The van der Waals surface area contributed by atoms with Gasteiger partial charge in [0.2, 0.25) is 0 Å². The van der Waals surface area contributed by atoms with E-state index in [0.29, 0.717) is 6.61 Å². The van der Waals surface area contributed by atoms with Crippen LogP contribution in [-0.4, -0.2) is 56.5 Å². The molecule has 0 aromatic carbocycles. The van der Waals surface area contributed by atoms with Gasteiger partial charge in [0.05, 0.1) is 31.8 Å². The molecule has 2 aliphatic rings. The predicted octanol–water partition coefficient (Wildman–Crippen LogP) is 1.94. The van der Waals surface area contributed by atoms with Crippen LogP contribution in [0.4, 0.5) is 4.39 Å². The van der Waals surface area contributed by atoms with Gasteiger partial charge in [-0.05, 0) is 6.92 Å². The second-order valence-electron chi connectivity index (χ2n) is 5.87. The summed E-state index contributed by atoms with van der Waals surface area (Å²) in [6.45, 7) is 13.1. The highest BCUT2D eigenvalue weighted by molar-refractivity contribution is 5.16. The van der Waals surface area contributed by atoms with Gasteiger partial charge in [-0.25, -0.2) is 4.39 Å². The Kier molecular flexibility index (Phi) is 6.21. The van der Waals surface area contributed by atoms with E-state index in [1.165, 1.54) is 6.20 Å². The van der Waals surface area contributed by atoms with Gasteiger partial charge in [0.25, 0.3) is 0 Å². The Bertz CT molecular complexity index is 369. The maximum Gasteiger partial charge on any atom is 0.124 e. The highest BCUT2D eigenvalue weighted by Crippen LogP contribution is 2.30. The Morgan fingerprint density at radius 2 is 2.24 bits per heavy atom. The maximum atomic E-state index is 13.6. The third kappa shape index (κ3) is 4.28. The van der Waals surface area contributed by atoms with Crippen LogP contribution >= 0.6 is 0 Å². The molecule has 2 aliphatic heterocycles. The summed E-state index contributed by atoms with van der Waals surface area (Å²) in [7, 11) is 0. The second kappa shape index (κ2) is 7.92. The van der Waals surface area contributed by atoms with Gasteiger partial charge in [0.15, 0.2) is 0 Å². The molecule has 1 saturated heterocycles.